The number of β-amino-alcohol motifs (C(OH)–C–C–N with tert-alkyl or cyclic N) is 1. The summed E-state index contributed by atoms with van der Waals surface area (Å²) >= 11 is 1.57. The molecule has 5 heterocycles. The second kappa shape index (κ2) is 26.5. The molecule has 7 N–H and O–H groups in total. The second-order valence-corrected chi connectivity index (χ2v) is 22.9. The molecule has 2 aliphatic rings. The summed E-state index contributed by atoms with van der Waals surface area (Å²) in [6.07, 6.45) is 3.81. The summed E-state index contributed by atoms with van der Waals surface area (Å²) in [5, 5.41) is 31.1. The monoisotopic (exact) mass is 1080 g/mol. The molecule has 5 aromatic rings. The number of aliphatic hydroxyl groups is 1. The Bertz CT molecular complexity index is 2990. The van der Waals surface area contributed by atoms with E-state index in [-0.39, 0.29) is 80.4 Å². The molecule has 3 aromatic heterocycles. The Hall–Kier alpha value is -7.09. The van der Waals surface area contributed by atoms with Gasteiger partial charge in [0.2, 0.25) is 17.7 Å². The van der Waals surface area contributed by atoms with Crippen molar-refractivity contribution in [2.45, 2.75) is 125 Å². The van der Waals surface area contributed by atoms with Crippen LogP contribution in [-0.2, 0) is 32.3 Å². The fourth-order valence-electron chi connectivity index (χ4n) is 10.2. The number of carbonyl (C=O) groups excluding carboxylic acids is 5. The first kappa shape index (κ1) is 58.6. The molecule has 0 radical (unpaired) electrons. The van der Waals surface area contributed by atoms with Gasteiger partial charge in [-0.25, -0.2) is 9.97 Å². The number of nitrogens with one attached hydrogen (secondary N) is 6. The minimum absolute atomic E-state index is 0.0122. The van der Waals surface area contributed by atoms with Crippen molar-refractivity contribution in [3.05, 3.63) is 116 Å². The number of aromatic amines is 1. The van der Waals surface area contributed by atoms with Gasteiger partial charge < -0.3 is 46.6 Å². The van der Waals surface area contributed by atoms with Gasteiger partial charge in [-0.05, 0) is 105 Å². The van der Waals surface area contributed by atoms with Crippen LogP contribution in [0.15, 0.2) is 71.1 Å². The largest absolute Gasteiger partial charge is 0.391 e. The van der Waals surface area contributed by atoms with E-state index in [2.05, 4.69) is 41.0 Å². The number of hydrogen-bond donors (Lipinski definition) is 7. The highest BCUT2D eigenvalue weighted by Crippen LogP contribution is 2.35. The molecule has 0 bridgehead atoms. The third-order valence-corrected chi connectivity index (χ3v) is 15.6. The van der Waals surface area contributed by atoms with Gasteiger partial charge in [-0.15, -0.1) is 11.3 Å². The molecular formula is C59H77N11O7S. The molecule has 4 amide bonds. The fourth-order valence-corrected chi connectivity index (χ4v) is 11.0. The van der Waals surface area contributed by atoms with E-state index in [9.17, 15) is 33.9 Å². The Kier molecular flexibility index (Phi) is 19.9. The average Bonchev–Trinajstić information content (AvgIpc) is 4.05. The van der Waals surface area contributed by atoms with Crippen molar-refractivity contribution in [3.63, 3.8) is 0 Å². The number of thiazole rings is 1. The predicted octanol–water partition coefficient (Wildman–Crippen LogP) is 6.93. The van der Waals surface area contributed by atoms with Crippen molar-refractivity contribution in [1.29, 1.82) is 5.41 Å². The van der Waals surface area contributed by atoms with Crippen LogP contribution in [0.5, 0.6) is 0 Å². The number of piperazine rings is 1. The first-order valence-corrected chi connectivity index (χ1v) is 28.0. The van der Waals surface area contributed by atoms with Crippen molar-refractivity contribution in [3.8, 4) is 21.6 Å². The SMILES string of the molecule is Cc1cc(C)c(CNC(=O)c2cc(-c3ccc(N4CCN(CCNC(=O)CCCCC(=O)C[C@H](C(=O)N5C[C@H](O)C[C@H]5C(=O)NCc5ccc(-c6scnc6C)cc5)C(C)(C)C)CC4)nc3)cc(NC(C)C)c2C=N)c(=O)[nH]1. The fraction of sp³-hybridized carbons (Fsp3) is 0.475. The first-order chi connectivity index (χ1) is 37.2. The molecule has 2 fully saturated rings. The molecule has 0 saturated carbocycles. The molecule has 78 heavy (non-hydrogen) atoms. The lowest BCUT2D eigenvalue weighted by molar-refractivity contribution is -0.146. The summed E-state index contributed by atoms with van der Waals surface area (Å²) in [6, 6.07) is 16.6. The lowest BCUT2D eigenvalue weighted by Gasteiger charge is -2.35. The standard InChI is InChI=1S/C59H77N11O7S/c1-36(2)66-50-27-43(26-46(47(50)30-60)55(74)64-33-48-37(3)25-38(4)67-56(48)75)42-17-18-52(62-32-42)69-23-21-68(22-24-69)20-19-61-53(73)12-10-9-11-44(71)28-49(59(6,7)8)58(77)70-34-45(72)29-51(70)57(76)63-31-40-13-15-41(16-14-40)54-39(5)65-35-78-54/h13-18,25-27,30,32,35-36,45,49,51,60,66,72H,9-12,19-24,28-29,31,33-34H2,1-8H3,(H,61,73)(H,63,76)(H,64,74)(H,67,75)/t45-,49-,51+/m1/s1. The maximum absolute atomic E-state index is 14.1. The summed E-state index contributed by atoms with van der Waals surface area (Å²) in [7, 11) is 0. The molecule has 19 heteroatoms. The quantitative estimate of drug-likeness (QED) is 0.0260. The number of aromatic nitrogens is 3. The number of unbranched alkanes of at least 4 members (excludes halogenated alkanes) is 1. The molecule has 0 spiro atoms. The summed E-state index contributed by atoms with van der Waals surface area (Å²) in [6.45, 7) is 19.9. The van der Waals surface area contributed by atoms with Crippen molar-refractivity contribution in [1.82, 2.24) is 40.7 Å². The predicted molar refractivity (Wildman–Crippen MR) is 307 cm³/mol. The van der Waals surface area contributed by atoms with Crippen molar-refractivity contribution >= 4 is 58.5 Å². The molecule has 0 unspecified atom stereocenters. The summed E-state index contributed by atoms with van der Waals surface area (Å²) in [5.41, 5.74) is 8.87. The highest BCUT2D eigenvalue weighted by atomic mass is 32.1. The number of H-pyrrole nitrogens is 1. The second-order valence-electron chi connectivity index (χ2n) is 22.1. The van der Waals surface area contributed by atoms with E-state index < -0.39 is 29.4 Å². The van der Waals surface area contributed by atoms with Gasteiger partial charge in [-0.3, -0.25) is 33.7 Å². The van der Waals surface area contributed by atoms with Crippen molar-refractivity contribution in [2.75, 3.05) is 56.0 Å². The smallest absolute Gasteiger partial charge is 0.253 e. The van der Waals surface area contributed by atoms with Crippen LogP contribution in [-0.4, -0.2) is 129 Å². The maximum Gasteiger partial charge on any atom is 0.253 e. The topological polar surface area (TPSA) is 246 Å². The van der Waals surface area contributed by atoms with Gasteiger partial charge in [0.05, 0.1) is 27.7 Å². The highest BCUT2D eigenvalue weighted by Gasteiger charge is 2.44. The summed E-state index contributed by atoms with van der Waals surface area (Å²) < 4.78 is 0. The van der Waals surface area contributed by atoms with E-state index in [0.717, 1.165) is 76.1 Å². The van der Waals surface area contributed by atoms with Gasteiger partial charge in [0.15, 0.2) is 0 Å². The number of Topliss-reactive ketones (excluding diaryl/α,β-unsaturated/α-hetero) is 1. The van der Waals surface area contributed by atoms with E-state index in [0.29, 0.717) is 48.3 Å². The van der Waals surface area contributed by atoms with E-state index >= 15 is 0 Å². The Morgan fingerprint density at radius 3 is 2.24 bits per heavy atom. The number of rotatable bonds is 23. The van der Waals surface area contributed by atoms with Crippen LogP contribution < -0.4 is 31.7 Å². The van der Waals surface area contributed by atoms with Gasteiger partial charge in [0.1, 0.15) is 17.6 Å². The maximum atomic E-state index is 14.1. The third kappa shape index (κ3) is 15.3. The van der Waals surface area contributed by atoms with Crippen LogP contribution in [0.1, 0.15) is 117 Å². The zero-order chi connectivity index (χ0) is 56.3. The van der Waals surface area contributed by atoms with Gasteiger partial charge in [-0.2, -0.15) is 0 Å². The number of carbonyl (C=O) groups is 5. The van der Waals surface area contributed by atoms with Crippen LogP contribution in [0.2, 0.25) is 0 Å². The highest BCUT2D eigenvalue weighted by molar-refractivity contribution is 7.13. The van der Waals surface area contributed by atoms with Crippen molar-refractivity contribution < 1.29 is 29.1 Å². The molecular weight excluding hydrogens is 1010 g/mol. The van der Waals surface area contributed by atoms with E-state index in [1.165, 1.54) is 11.1 Å². The third-order valence-electron chi connectivity index (χ3n) is 14.6. The minimum atomic E-state index is -0.849. The minimum Gasteiger partial charge on any atom is -0.391 e. The Balaban J connectivity index is 0.822. The Morgan fingerprint density at radius 2 is 1.60 bits per heavy atom. The van der Waals surface area contributed by atoms with Crippen LogP contribution in [0, 0.1) is 37.5 Å². The molecule has 416 valence electrons. The number of benzene rings is 2. The molecule has 2 aromatic carbocycles. The normalized spacial score (nSPS) is 16.2. The number of likely N-dealkylation sites (tertiary alicyclic amines) is 1. The Labute approximate surface area is 461 Å². The lowest BCUT2D eigenvalue weighted by atomic mass is 9.76. The molecule has 7 rings (SSSR count). The molecule has 18 nitrogen and oxygen atoms in total. The van der Waals surface area contributed by atoms with Gasteiger partial charge >= 0.3 is 0 Å². The van der Waals surface area contributed by atoms with Gasteiger partial charge in [0, 0.05) is 137 Å². The molecule has 0 aliphatic carbocycles. The van der Waals surface area contributed by atoms with Crippen LogP contribution in [0.25, 0.3) is 21.6 Å². The summed E-state index contributed by atoms with van der Waals surface area (Å²) in [5.74, 6) is -1.06. The Morgan fingerprint density at radius 1 is 0.885 bits per heavy atom. The number of anilines is 2. The number of nitrogens with zero attached hydrogens (tertiary/aromatic N) is 5. The van der Waals surface area contributed by atoms with Gasteiger partial charge in [-0.1, -0.05) is 45.0 Å². The number of pyridine rings is 2. The number of amides is 4. The van der Waals surface area contributed by atoms with Crippen LogP contribution >= 0.6 is 11.3 Å². The van der Waals surface area contributed by atoms with Gasteiger partial charge in [0.25, 0.3) is 11.5 Å². The van der Waals surface area contributed by atoms with Crippen LogP contribution in [0.4, 0.5) is 11.5 Å². The zero-order valence-electron chi connectivity index (χ0n) is 46.4. The first-order valence-electron chi connectivity index (χ1n) is 27.1. The van der Waals surface area contributed by atoms with E-state index in [1.54, 1.807) is 23.6 Å². The number of aliphatic hydroxyl groups excluding tert-OH is 1. The number of ketones is 1. The van der Waals surface area contributed by atoms with E-state index in [4.69, 9.17) is 10.4 Å². The van der Waals surface area contributed by atoms with Crippen molar-refractivity contribution in [2.24, 2.45) is 11.3 Å². The number of aryl methyl sites for hydroxylation is 3. The molecule has 2 saturated heterocycles. The molecule has 2 aliphatic heterocycles. The number of hydrogen-bond acceptors (Lipinski definition) is 14. The van der Waals surface area contributed by atoms with Crippen LogP contribution in [0.3, 0.4) is 0 Å². The lowest BCUT2D eigenvalue weighted by Crippen LogP contribution is -2.50. The average molecular weight is 1080 g/mol. The van der Waals surface area contributed by atoms with E-state index in [1.807, 2.05) is 109 Å². The summed E-state index contributed by atoms with van der Waals surface area (Å²) in [4.78, 5) is 99.2. The zero-order valence-corrected chi connectivity index (χ0v) is 47.2. The molecule has 3 atom stereocenters.